The zero-order valence-electron chi connectivity index (χ0n) is 8.43. The fourth-order valence-electron chi connectivity index (χ4n) is 1.75. The monoisotopic (exact) mass is 241 g/mol. The van der Waals surface area contributed by atoms with Crippen LogP contribution < -0.4 is 0 Å². The summed E-state index contributed by atoms with van der Waals surface area (Å²) < 4.78 is 31.8. The Morgan fingerprint density at radius 3 is 2.43 bits per heavy atom. The third kappa shape index (κ3) is 1.72. The number of nitrogens with zero attached hydrogens (tertiary/aromatic N) is 1. The zero-order chi connectivity index (χ0) is 11.0. The Bertz CT molecular complexity index is 279. The molecule has 0 bridgehead atoms. The van der Waals surface area contributed by atoms with E-state index in [1.54, 1.807) is 13.8 Å². The van der Waals surface area contributed by atoms with Crippen molar-refractivity contribution < 1.29 is 33.5 Å². The topological polar surface area (TPSA) is 9.23 Å². The standard InChI is InChI=1S/C8H14BF2NO.Cr/c1-4-12(5-2)6-8(3)7-13-9(12,10)11;/h3-6H2,1-2H3;. The van der Waals surface area contributed by atoms with E-state index in [1.807, 2.05) is 0 Å². The van der Waals surface area contributed by atoms with Gasteiger partial charge in [-0.15, -0.1) is 0 Å². The summed E-state index contributed by atoms with van der Waals surface area (Å²) in [6.07, 6.45) is 0. The Hall–Kier alpha value is -0.0126. The van der Waals surface area contributed by atoms with Gasteiger partial charge in [-0.1, -0.05) is 0 Å². The van der Waals surface area contributed by atoms with Crippen molar-refractivity contribution in [3.8, 4) is 0 Å². The van der Waals surface area contributed by atoms with E-state index in [1.165, 1.54) is 0 Å². The molecule has 0 aliphatic carbocycles. The van der Waals surface area contributed by atoms with Gasteiger partial charge in [-0.3, -0.25) is 0 Å². The van der Waals surface area contributed by atoms with Gasteiger partial charge < -0.3 is 0 Å². The van der Waals surface area contributed by atoms with Crippen LogP contribution in [0.3, 0.4) is 0 Å². The second-order valence-electron chi connectivity index (χ2n) is 3.58. The molecule has 0 atom stereocenters. The predicted molar refractivity (Wildman–Crippen MR) is 49.4 cm³/mol. The molecule has 1 rings (SSSR count). The number of quaternary nitrogens is 1. The molecule has 0 unspecified atom stereocenters. The minimum absolute atomic E-state index is 0.158. The van der Waals surface area contributed by atoms with Gasteiger partial charge in [0.15, 0.2) is 0 Å². The number of likely N-dealkylation sites (N-methyl/N-ethyl adjacent to an activating group) is 1. The summed E-state index contributed by atoms with van der Waals surface area (Å²) in [5, 5.41) is 0. The van der Waals surface area contributed by atoms with Crippen LogP contribution in [0.4, 0.5) is 8.63 Å². The molecule has 0 N–H and O–H groups in total. The fourth-order valence-corrected chi connectivity index (χ4v) is 2.03. The summed E-state index contributed by atoms with van der Waals surface area (Å²) in [5.41, 5.74) is 0.626. The van der Waals surface area contributed by atoms with Gasteiger partial charge in [-0.2, -0.15) is 0 Å². The summed E-state index contributed by atoms with van der Waals surface area (Å²) in [6, 6.07) is 0. The van der Waals surface area contributed by atoms with Crippen LogP contribution in [0.2, 0.25) is 0 Å². The second-order valence-corrected chi connectivity index (χ2v) is 4.16. The molecule has 0 amide bonds. The molecular formula is C8H14BCrF2NO. The molecule has 1 fully saturated rings. The second kappa shape index (κ2) is 3.86. The van der Waals surface area contributed by atoms with Crippen molar-refractivity contribution in [1.29, 1.82) is 0 Å². The maximum absolute atomic E-state index is 13.7. The summed E-state index contributed by atoms with van der Waals surface area (Å²) >= 11 is 2.49. The van der Waals surface area contributed by atoms with E-state index in [-0.39, 0.29) is 15.5 Å². The van der Waals surface area contributed by atoms with Crippen LogP contribution in [0.5, 0.6) is 0 Å². The van der Waals surface area contributed by atoms with E-state index < -0.39 is 7.04 Å². The molecule has 0 aromatic carbocycles. The van der Waals surface area contributed by atoms with Crippen molar-refractivity contribution in [2.45, 2.75) is 13.8 Å². The van der Waals surface area contributed by atoms with Gasteiger partial charge in [0.1, 0.15) is 0 Å². The van der Waals surface area contributed by atoms with Crippen LogP contribution in [-0.2, 0) is 20.5 Å². The number of rotatable bonds is 2. The summed E-state index contributed by atoms with van der Waals surface area (Å²) in [6.45, 7) is 8.20. The van der Waals surface area contributed by atoms with E-state index in [0.717, 1.165) is 0 Å². The van der Waals surface area contributed by atoms with Crippen molar-refractivity contribution in [2.75, 3.05) is 19.6 Å². The molecule has 1 saturated heterocycles. The first kappa shape index (κ1) is 12.1. The summed E-state index contributed by atoms with van der Waals surface area (Å²) in [4.78, 5) is 0. The number of halogens is 2. The minimum atomic E-state index is -3.83. The molecular weight excluding hydrogens is 227 g/mol. The van der Waals surface area contributed by atoms with E-state index in [9.17, 15) is 8.63 Å². The Morgan fingerprint density at radius 2 is 2.00 bits per heavy atom. The molecule has 1 aliphatic heterocycles. The molecule has 0 radical (unpaired) electrons. The van der Waals surface area contributed by atoms with Crippen molar-refractivity contribution in [2.24, 2.45) is 0 Å². The zero-order valence-corrected chi connectivity index (χ0v) is 9.70. The van der Waals surface area contributed by atoms with Crippen molar-refractivity contribution in [1.82, 2.24) is 0 Å². The Kier molecular flexibility index (Phi) is 3.33. The average molecular weight is 241 g/mol. The van der Waals surface area contributed by atoms with Crippen molar-refractivity contribution in [3.05, 3.63) is 12.2 Å². The van der Waals surface area contributed by atoms with Gasteiger partial charge >= 0.3 is 90.8 Å². The van der Waals surface area contributed by atoms with E-state index in [4.69, 9.17) is 0 Å². The molecule has 0 spiro atoms. The van der Waals surface area contributed by atoms with Crippen LogP contribution in [0, 0.1) is 0 Å². The summed E-state index contributed by atoms with van der Waals surface area (Å²) in [5.74, 6) is 0. The average Bonchev–Trinajstić information content (AvgIpc) is 2.11. The van der Waals surface area contributed by atoms with Crippen LogP contribution >= 0.6 is 0 Å². The van der Waals surface area contributed by atoms with Gasteiger partial charge in [0.05, 0.1) is 0 Å². The quantitative estimate of drug-likeness (QED) is 0.665. The molecule has 80 valence electrons. The number of hydrogen-bond donors (Lipinski definition) is 0. The maximum atomic E-state index is 13.7. The third-order valence-electron chi connectivity index (χ3n) is 2.94. The van der Waals surface area contributed by atoms with Crippen LogP contribution in [-0.4, -0.2) is 35.6 Å². The normalized spacial score (nSPS) is 25.1. The van der Waals surface area contributed by atoms with E-state index >= 15 is 0 Å². The molecule has 6 heteroatoms. The fraction of sp³-hybridized carbons (Fsp3) is 0.625. The summed E-state index contributed by atoms with van der Waals surface area (Å²) in [7, 11) is -3.83. The Morgan fingerprint density at radius 1 is 1.50 bits per heavy atom. The SMILES string of the molecule is C=C1C[N+](CC)(CC)[B-](F)(F)O[C]1=[Cr]. The first-order valence-electron chi connectivity index (χ1n) is 4.66. The van der Waals surface area contributed by atoms with Crippen molar-refractivity contribution >= 4 is 11.6 Å². The predicted octanol–water partition coefficient (Wildman–Crippen LogP) is 1.48. The molecule has 2 nitrogen and oxygen atoms in total. The van der Waals surface area contributed by atoms with E-state index in [0.29, 0.717) is 18.7 Å². The Labute approximate surface area is 91.2 Å². The van der Waals surface area contributed by atoms with Gasteiger partial charge in [0.2, 0.25) is 0 Å². The molecule has 0 aromatic heterocycles. The molecule has 1 heterocycles. The van der Waals surface area contributed by atoms with E-state index in [2.05, 4.69) is 27.1 Å². The van der Waals surface area contributed by atoms with Gasteiger partial charge in [-0.05, 0) is 0 Å². The van der Waals surface area contributed by atoms with Crippen LogP contribution in [0.1, 0.15) is 13.8 Å². The first-order valence-corrected chi connectivity index (χ1v) is 5.30. The molecule has 14 heavy (non-hydrogen) atoms. The third-order valence-corrected chi connectivity index (χ3v) is 3.54. The molecule has 1 aliphatic rings. The number of hydrogen-bond acceptors (Lipinski definition) is 1. The molecule has 0 saturated carbocycles. The van der Waals surface area contributed by atoms with Gasteiger partial charge in [-0.25, -0.2) is 0 Å². The molecule has 0 aromatic rings. The van der Waals surface area contributed by atoms with Crippen LogP contribution in [0.15, 0.2) is 12.2 Å². The van der Waals surface area contributed by atoms with Crippen molar-refractivity contribution in [3.63, 3.8) is 0 Å². The van der Waals surface area contributed by atoms with Gasteiger partial charge in [0, 0.05) is 0 Å². The first-order chi connectivity index (χ1) is 6.38. The Balaban J connectivity index is 3.05. The van der Waals surface area contributed by atoms with Crippen LogP contribution in [0.25, 0.3) is 0 Å². The van der Waals surface area contributed by atoms with Gasteiger partial charge in [0.25, 0.3) is 0 Å².